The summed E-state index contributed by atoms with van der Waals surface area (Å²) in [5, 5.41) is 3.79. The van der Waals surface area contributed by atoms with Gasteiger partial charge < -0.3 is 5.32 Å². The Morgan fingerprint density at radius 1 is 1.04 bits per heavy atom. The summed E-state index contributed by atoms with van der Waals surface area (Å²) in [7, 11) is 0. The molecule has 1 aliphatic carbocycles. The van der Waals surface area contributed by atoms with E-state index in [1.165, 1.54) is 18.4 Å². The van der Waals surface area contributed by atoms with E-state index in [2.05, 4.69) is 29.6 Å². The van der Waals surface area contributed by atoms with E-state index in [1.54, 1.807) is 6.08 Å². The smallest absolute Gasteiger partial charge is 0.244 e. The summed E-state index contributed by atoms with van der Waals surface area (Å²) in [4.78, 5) is 12.2. The monoisotopic (exact) mass is 339 g/mol. The van der Waals surface area contributed by atoms with Crippen LogP contribution in [0.3, 0.4) is 0 Å². The van der Waals surface area contributed by atoms with Crippen LogP contribution in [0.15, 0.2) is 60.7 Å². The van der Waals surface area contributed by atoms with Gasteiger partial charge in [0.05, 0.1) is 0 Å². The van der Waals surface area contributed by atoms with Crippen molar-refractivity contribution in [3.63, 3.8) is 0 Å². The third-order valence-corrected chi connectivity index (χ3v) is 5.10. The Bertz CT molecular complexity index is 700. The lowest BCUT2D eigenvalue weighted by Gasteiger charge is -2.29. The zero-order valence-electron chi connectivity index (χ0n) is 13.7. The fourth-order valence-electron chi connectivity index (χ4n) is 3.47. The summed E-state index contributed by atoms with van der Waals surface area (Å²) in [6.45, 7) is 0.695. The zero-order valence-corrected chi connectivity index (χ0v) is 14.4. The van der Waals surface area contributed by atoms with Gasteiger partial charge in [0.15, 0.2) is 0 Å². The predicted octanol–water partition coefficient (Wildman–Crippen LogP) is 4.98. The molecule has 3 rings (SSSR count). The molecule has 1 amide bonds. The molecule has 3 heteroatoms. The molecule has 0 bridgehead atoms. The summed E-state index contributed by atoms with van der Waals surface area (Å²) in [5.41, 5.74) is 2.39. The first kappa shape index (κ1) is 16.8. The lowest BCUT2D eigenvalue weighted by atomic mass is 9.79. The molecule has 2 nitrogen and oxygen atoms in total. The van der Waals surface area contributed by atoms with Gasteiger partial charge in [-0.15, -0.1) is 0 Å². The zero-order chi connectivity index (χ0) is 16.8. The molecule has 0 saturated heterocycles. The van der Waals surface area contributed by atoms with E-state index in [9.17, 15) is 4.79 Å². The molecule has 0 unspecified atom stereocenters. The number of hydrogen-bond donors (Lipinski definition) is 1. The van der Waals surface area contributed by atoms with Crippen LogP contribution in [0.1, 0.15) is 36.8 Å². The Morgan fingerprint density at radius 2 is 1.71 bits per heavy atom. The first-order valence-electron chi connectivity index (χ1n) is 8.45. The van der Waals surface area contributed by atoms with Crippen LogP contribution >= 0.6 is 11.6 Å². The van der Waals surface area contributed by atoms with Crippen molar-refractivity contribution in [2.24, 2.45) is 0 Å². The molecule has 2 aromatic rings. The van der Waals surface area contributed by atoms with E-state index in [4.69, 9.17) is 11.6 Å². The number of halogens is 1. The molecule has 2 aromatic carbocycles. The van der Waals surface area contributed by atoms with Crippen LogP contribution in [0.25, 0.3) is 6.08 Å². The van der Waals surface area contributed by atoms with Crippen LogP contribution in [-0.4, -0.2) is 12.5 Å². The molecular weight excluding hydrogens is 318 g/mol. The minimum absolute atomic E-state index is 0.0489. The number of rotatable bonds is 5. The van der Waals surface area contributed by atoms with Crippen LogP contribution in [-0.2, 0) is 10.2 Å². The molecule has 1 aliphatic rings. The highest BCUT2D eigenvalue weighted by atomic mass is 35.5. The molecule has 124 valence electrons. The van der Waals surface area contributed by atoms with Gasteiger partial charge >= 0.3 is 0 Å². The van der Waals surface area contributed by atoms with Gasteiger partial charge in [0.2, 0.25) is 5.91 Å². The molecule has 0 radical (unpaired) electrons. The van der Waals surface area contributed by atoms with E-state index >= 15 is 0 Å². The number of amides is 1. The molecule has 0 aromatic heterocycles. The summed E-state index contributed by atoms with van der Waals surface area (Å²) >= 11 is 5.87. The summed E-state index contributed by atoms with van der Waals surface area (Å²) in [6, 6.07) is 18.0. The summed E-state index contributed by atoms with van der Waals surface area (Å²) in [6.07, 6.45) is 8.14. The molecule has 0 atom stereocenters. The van der Waals surface area contributed by atoms with Gasteiger partial charge in [0.1, 0.15) is 0 Å². The Morgan fingerprint density at radius 3 is 2.38 bits per heavy atom. The third kappa shape index (κ3) is 4.07. The van der Waals surface area contributed by atoms with E-state index in [-0.39, 0.29) is 11.3 Å². The molecule has 0 aliphatic heterocycles. The van der Waals surface area contributed by atoms with Crippen LogP contribution < -0.4 is 5.32 Å². The van der Waals surface area contributed by atoms with Gasteiger partial charge in [-0.05, 0) is 42.2 Å². The molecule has 1 fully saturated rings. The Labute approximate surface area is 148 Å². The molecule has 1 saturated carbocycles. The Kier molecular flexibility index (Phi) is 5.37. The Balaban J connectivity index is 1.63. The van der Waals surface area contributed by atoms with E-state index < -0.39 is 0 Å². The standard InChI is InChI=1S/C21H22ClNO/c22-19-11-8-17(9-12-19)10-13-20(24)23-16-21(14-4-5-15-21)18-6-2-1-3-7-18/h1-3,6-13H,4-5,14-16H2,(H,23,24)/b13-10+. The third-order valence-electron chi connectivity index (χ3n) is 4.84. The highest BCUT2D eigenvalue weighted by Crippen LogP contribution is 2.40. The van der Waals surface area contributed by atoms with Crippen molar-refractivity contribution in [2.45, 2.75) is 31.1 Å². The van der Waals surface area contributed by atoms with Crippen LogP contribution in [0, 0.1) is 0 Å². The highest BCUT2D eigenvalue weighted by molar-refractivity contribution is 6.30. The fourth-order valence-corrected chi connectivity index (χ4v) is 3.60. The molecule has 1 N–H and O–H groups in total. The second-order valence-electron chi connectivity index (χ2n) is 6.46. The average molecular weight is 340 g/mol. The second-order valence-corrected chi connectivity index (χ2v) is 6.89. The maximum Gasteiger partial charge on any atom is 0.244 e. The molecule has 0 spiro atoms. The highest BCUT2D eigenvalue weighted by Gasteiger charge is 2.35. The summed E-state index contributed by atoms with van der Waals surface area (Å²) in [5.74, 6) is -0.0489. The molecule has 0 heterocycles. The summed E-state index contributed by atoms with van der Waals surface area (Å²) < 4.78 is 0. The van der Waals surface area contributed by atoms with E-state index in [0.717, 1.165) is 18.4 Å². The van der Waals surface area contributed by atoms with Crippen molar-refractivity contribution in [1.29, 1.82) is 0 Å². The van der Waals surface area contributed by atoms with Crippen LogP contribution in [0.5, 0.6) is 0 Å². The lowest BCUT2D eigenvalue weighted by molar-refractivity contribution is -0.116. The van der Waals surface area contributed by atoms with Crippen LogP contribution in [0.4, 0.5) is 0 Å². The van der Waals surface area contributed by atoms with Crippen LogP contribution in [0.2, 0.25) is 5.02 Å². The number of carbonyl (C=O) groups excluding carboxylic acids is 1. The van der Waals surface area contributed by atoms with Gasteiger partial charge in [-0.2, -0.15) is 0 Å². The van der Waals surface area contributed by atoms with Crippen molar-refractivity contribution in [1.82, 2.24) is 5.32 Å². The maximum atomic E-state index is 12.2. The fraction of sp³-hybridized carbons (Fsp3) is 0.286. The van der Waals surface area contributed by atoms with Crippen molar-refractivity contribution >= 4 is 23.6 Å². The van der Waals surface area contributed by atoms with Gasteiger partial charge in [-0.3, -0.25) is 4.79 Å². The molecule has 24 heavy (non-hydrogen) atoms. The first-order valence-corrected chi connectivity index (χ1v) is 8.83. The maximum absolute atomic E-state index is 12.2. The Hall–Kier alpha value is -2.06. The van der Waals surface area contributed by atoms with Crippen molar-refractivity contribution in [2.75, 3.05) is 6.54 Å². The largest absolute Gasteiger partial charge is 0.352 e. The van der Waals surface area contributed by atoms with E-state index in [1.807, 2.05) is 36.4 Å². The first-order chi connectivity index (χ1) is 11.7. The second kappa shape index (κ2) is 7.67. The van der Waals surface area contributed by atoms with Crippen molar-refractivity contribution in [3.8, 4) is 0 Å². The van der Waals surface area contributed by atoms with E-state index in [0.29, 0.717) is 11.6 Å². The SMILES string of the molecule is O=C(/C=C/c1ccc(Cl)cc1)NCC1(c2ccccc2)CCCC1. The minimum Gasteiger partial charge on any atom is -0.352 e. The van der Waals surface area contributed by atoms with Gasteiger partial charge in [0, 0.05) is 23.1 Å². The molecular formula is C21H22ClNO. The van der Waals surface area contributed by atoms with Crippen molar-refractivity contribution < 1.29 is 4.79 Å². The number of benzene rings is 2. The lowest BCUT2D eigenvalue weighted by Crippen LogP contribution is -2.38. The number of nitrogens with one attached hydrogen (secondary N) is 1. The quantitative estimate of drug-likeness (QED) is 0.764. The number of hydrogen-bond acceptors (Lipinski definition) is 1. The predicted molar refractivity (Wildman–Crippen MR) is 100 cm³/mol. The minimum atomic E-state index is -0.0489. The normalized spacial score (nSPS) is 16.4. The topological polar surface area (TPSA) is 29.1 Å². The number of carbonyl (C=O) groups is 1. The van der Waals surface area contributed by atoms with Gasteiger partial charge in [0.25, 0.3) is 0 Å². The van der Waals surface area contributed by atoms with Crippen molar-refractivity contribution in [3.05, 3.63) is 76.8 Å². The van der Waals surface area contributed by atoms with Gasteiger partial charge in [-0.25, -0.2) is 0 Å². The van der Waals surface area contributed by atoms with Gasteiger partial charge in [-0.1, -0.05) is 66.9 Å². The average Bonchev–Trinajstić information content (AvgIpc) is 3.10.